The van der Waals surface area contributed by atoms with Crippen LogP contribution in [0.15, 0.2) is 42.7 Å². The van der Waals surface area contributed by atoms with E-state index in [0.29, 0.717) is 28.5 Å². The first-order chi connectivity index (χ1) is 11.6. The molecule has 24 heavy (non-hydrogen) atoms. The van der Waals surface area contributed by atoms with E-state index in [1.165, 1.54) is 19.4 Å². The van der Waals surface area contributed by atoms with E-state index in [1.54, 1.807) is 42.0 Å². The van der Waals surface area contributed by atoms with E-state index in [4.69, 9.17) is 9.47 Å². The van der Waals surface area contributed by atoms with Gasteiger partial charge in [-0.3, -0.25) is 4.79 Å². The van der Waals surface area contributed by atoms with Crippen LogP contribution in [0.25, 0.3) is 5.65 Å². The molecule has 0 aliphatic rings. The molecule has 0 bridgehead atoms. The van der Waals surface area contributed by atoms with Gasteiger partial charge in [0.15, 0.2) is 0 Å². The Morgan fingerprint density at radius 3 is 2.79 bits per heavy atom. The second-order valence-electron chi connectivity index (χ2n) is 5.14. The molecule has 3 rings (SSSR count). The molecule has 1 amide bonds. The summed E-state index contributed by atoms with van der Waals surface area (Å²) in [6, 6.07) is 8.00. The Balaban J connectivity index is 1.75. The van der Waals surface area contributed by atoms with E-state index in [9.17, 15) is 9.18 Å². The molecule has 7 heteroatoms. The van der Waals surface area contributed by atoms with Crippen molar-refractivity contribution in [3.8, 4) is 11.5 Å². The highest BCUT2D eigenvalue weighted by molar-refractivity contribution is 5.93. The molecule has 0 saturated heterocycles. The van der Waals surface area contributed by atoms with Crippen LogP contribution < -0.4 is 14.8 Å². The number of ether oxygens (including phenoxy) is 2. The Labute approximate surface area is 137 Å². The maximum absolute atomic E-state index is 13.2. The van der Waals surface area contributed by atoms with Crippen LogP contribution in [-0.2, 0) is 11.2 Å². The van der Waals surface area contributed by atoms with E-state index in [1.807, 2.05) is 0 Å². The number of halogens is 1. The normalized spacial score (nSPS) is 10.6. The Bertz CT molecular complexity index is 892. The highest BCUT2D eigenvalue weighted by Crippen LogP contribution is 2.29. The van der Waals surface area contributed by atoms with Crippen molar-refractivity contribution in [3.05, 3.63) is 54.2 Å². The molecule has 124 valence electrons. The number of nitrogens with one attached hydrogen (secondary N) is 1. The number of carbonyl (C=O) groups excluding carboxylic acids is 1. The Kier molecular flexibility index (Phi) is 4.33. The van der Waals surface area contributed by atoms with Crippen molar-refractivity contribution < 1.29 is 18.7 Å². The number of hydrogen-bond donors (Lipinski definition) is 1. The summed E-state index contributed by atoms with van der Waals surface area (Å²) in [6.07, 6.45) is 3.01. The van der Waals surface area contributed by atoms with Crippen LogP contribution >= 0.6 is 0 Å². The number of benzene rings is 1. The van der Waals surface area contributed by atoms with Crippen molar-refractivity contribution in [2.45, 2.75) is 6.42 Å². The lowest BCUT2D eigenvalue weighted by Gasteiger charge is -2.11. The van der Waals surface area contributed by atoms with Crippen molar-refractivity contribution in [1.29, 1.82) is 0 Å². The minimum absolute atomic E-state index is 0.0679. The maximum atomic E-state index is 13.2. The van der Waals surface area contributed by atoms with Crippen molar-refractivity contribution in [3.63, 3.8) is 0 Å². The summed E-state index contributed by atoms with van der Waals surface area (Å²) in [4.78, 5) is 16.5. The lowest BCUT2D eigenvalue weighted by Crippen LogP contribution is -2.15. The Morgan fingerprint density at radius 1 is 1.21 bits per heavy atom. The monoisotopic (exact) mass is 329 g/mol. The van der Waals surface area contributed by atoms with E-state index >= 15 is 0 Å². The van der Waals surface area contributed by atoms with Gasteiger partial charge in [0.2, 0.25) is 5.91 Å². The molecule has 0 aliphatic heterocycles. The van der Waals surface area contributed by atoms with Gasteiger partial charge < -0.3 is 19.2 Å². The van der Waals surface area contributed by atoms with Crippen molar-refractivity contribution in [2.75, 3.05) is 19.5 Å². The average molecular weight is 329 g/mol. The molecule has 6 nitrogen and oxygen atoms in total. The lowest BCUT2D eigenvalue weighted by atomic mass is 10.2. The number of carbonyl (C=O) groups is 1. The molecule has 2 heterocycles. The molecule has 0 unspecified atom stereocenters. The van der Waals surface area contributed by atoms with Crippen LogP contribution in [0.1, 0.15) is 5.69 Å². The van der Waals surface area contributed by atoms with Gasteiger partial charge in [-0.1, -0.05) is 0 Å². The van der Waals surface area contributed by atoms with Gasteiger partial charge in [-0.15, -0.1) is 0 Å². The lowest BCUT2D eigenvalue weighted by molar-refractivity contribution is -0.115. The number of hydrogen-bond acceptors (Lipinski definition) is 4. The fraction of sp³-hybridized carbons (Fsp3) is 0.176. The fourth-order valence-electron chi connectivity index (χ4n) is 2.36. The van der Waals surface area contributed by atoms with Crippen molar-refractivity contribution >= 4 is 17.2 Å². The average Bonchev–Trinajstić information content (AvgIpc) is 2.96. The van der Waals surface area contributed by atoms with Gasteiger partial charge in [-0.2, -0.15) is 0 Å². The summed E-state index contributed by atoms with van der Waals surface area (Å²) < 4.78 is 25.1. The predicted molar refractivity (Wildman–Crippen MR) is 87.0 cm³/mol. The number of rotatable bonds is 5. The Morgan fingerprint density at radius 2 is 2.04 bits per heavy atom. The maximum Gasteiger partial charge on any atom is 0.230 e. The van der Waals surface area contributed by atoms with E-state index < -0.39 is 0 Å². The van der Waals surface area contributed by atoms with E-state index in [0.717, 1.165) is 0 Å². The third-order valence-corrected chi connectivity index (χ3v) is 3.49. The highest BCUT2D eigenvalue weighted by atomic mass is 19.1. The number of pyridine rings is 1. The summed E-state index contributed by atoms with van der Waals surface area (Å²) >= 11 is 0. The van der Waals surface area contributed by atoms with Gasteiger partial charge in [-0.05, 0) is 24.3 Å². The third kappa shape index (κ3) is 3.29. The number of aromatic nitrogens is 2. The number of nitrogens with zero attached hydrogens (tertiary/aromatic N) is 2. The summed E-state index contributed by atoms with van der Waals surface area (Å²) in [5.41, 5.74) is 1.67. The Hall–Kier alpha value is -3.09. The topological polar surface area (TPSA) is 64.9 Å². The van der Waals surface area contributed by atoms with Gasteiger partial charge >= 0.3 is 0 Å². The molecule has 3 aromatic rings. The fourth-order valence-corrected chi connectivity index (χ4v) is 2.36. The smallest absolute Gasteiger partial charge is 0.230 e. The summed E-state index contributed by atoms with van der Waals surface area (Å²) in [6.45, 7) is 0. The van der Waals surface area contributed by atoms with Crippen LogP contribution in [0.4, 0.5) is 10.1 Å². The molecule has 1 aromatic carbocycles. The molecule has 2 aromatic heterocycles. The standard InChI is InChI=1S/C17H16FN3O3/c1-23-13-4-5-14(15(8-13)24-2)20-17(22)7-12-10-21-9-11(18)3-6-16(21)19-12/h3-6,8-10H,7H2,1-2H3,(H,20,22). The number of amides is 1. The van der Waals surface area contributed by atoms with Gasteiger partial charge in [-0.25, -0.2) is 9.37 Å². The first kappa shape index (κ1) is 15.8. The van der Waals surface area contributed by atoms with Crippen molar-refractivity contribution in [1.82, 2.24) is 9.38 Å². The molecule has 0 atom stereocenters. The molecule has 1 N–H and O–H groups in total. The van der Waals surface area contributed by atoms with Gasteiger partial charge in [0.25, 0.3) is 0 Å². The summed E-state index contributed by atoms with van der Waals surface area (Å²) in [5, 5.41) is 2.77. The van der Waals surface area contributed by atoms with Crippen LogP contribution in [0.5, 0.6) is 11.5 Å². The van der Waals surface area contributed by atoms with Crippen LogP contribution in [-0.4, -0.2) is 29.5 Å². The third-order valence-electron chi connectivity index (χ3n) is 3.49. The minimum atomic E-state index is -0.362. The largest absolute Gasteiger partial charge is 0.497 e. The number of imidazole rings is 1. The summed E-state index contributed by atoms with van der Waals surface area (Å²) in [7, 11) is 3.07. The number of fused-ring (bicyclic) bond motifs is 1. The zero-order valence-corrected chi connectivity index (χ0v) is 13.2. The zero-order chi connectivity index (χ0) is 17.1. The zero-order valence-electron chi connectivity index (χ0n) is 13.2. The van der Waals surface area contributed by atoms with Crippen LogP contribution in [0, 0.1) is 5.82 Å². The molecular weight excluding hydrogens is 313 g/mol. The van der Waals surface area contributed by atoms with Gasteiger partial charge in [0, 0.05) is 18.5 Å². The minimum Gasteiger partial charge on any atom is -0.497 e. The number of methoxy groups -OCH3 is 2. The first-order valence-corrected chi connectivity index (χ1v) is 7.24. The first-order valence-electron chi connectivity index (χ1n) is 7.24. The van der Waals surface area contributed by atoms with Crippen LogP contribution in [0.2, 0.25) is 0 Å². The molecule has 0 saturated carbocycles. The van der Waals surface area contributed by atoms with Gasteiger partial charge in [0.1, 0.15) is 23.0 Å². The number of anilines is 1. The van der Waals surface area contributed by atoms with Crippen molar-refractivity contribution in [2.24, 2.45) is 0 Å². The molecule has 0 fully saturated rings. The van der Waals surface area contributed by atoms with E-state index in [-0.39, 0.29) is 18.1 Å². The highest BCUT2D eigenvalue weighted by Gasteiger charge is 2.12. The molecular formula is C17H16FN3O3. The molecule has 0 aliphatic carbocycles. The van der Waals surface area contributed by atoms with Gasteiger partial charge in [0.05, 0.1) is 32.0 Å². The van der Waals surface area contributed by atoms with Crippen LogP contribution in [0.3, 0.4) is 0 Å². The predicted octanol–water partition coefficient (Wildman–Crippen LogP) is 2.67. The second kappa shape index (κ2) is 6.57. The SMILES string of the molecule is COc1ccc(NC(=O)Cc2cn3cc(F)ccc3n2)c(OC)c1. The second-order valence-corrected chi connectivity index (χ2v) is 5.14. The molecule has 0 radical (unpaired) electrons. The molecule has 0 spiro atoms. The summed E-state index contributed by atoms with van der Waals surface area (Å²) in [5.74, 6) is 0.521. The van der Waals surface area contributed by atoms with E-state index in [2.05, 4.69) is 10.3 Å². The quantitative estimate of drug-likeness (QED) is 0.781.